The number of aliphatic hydroxyl groups excluding tert-OH is 1. The highest BCUT2D eigenvalue weighted by molar-refractivity contribution is 5.70. The fraction of sp³-hybridized carbons (Fsp3) is 0.214. The minimum atomic E-state index is 0.0469. The molecule has 1 heterocycles. The van der Waals surface area contributed by atoms with Gasteiger partial charge < -0.3 is 5.11 Å². The van der Waals surface area contributed by atoms with Crippen molar-refractivity contribution in [2.75, 3.05) is 0 Å². The molecule has 0 radical (unpaired) electrons. The molecule has 1 aromatic carbocycles. The highest BCUT2D eigenvalue weighted by Crippen LogP contribution is 2.26. The monoisotopic (exact) mass is 213 g/mol. The molecular formula is C14H15NO. The first kappa shape index (κ1) is 10.8. The maximum atomic E-state index is 9.31. The van der Waals surface area contributed by atoms with Crippen molar-refractivity contribution in [3.05, 3.63) is 53.3 Å². The zero-order chi connectivity index (χ0) is 11.5. The standard InChI is InChI=1S/C14H15NO/c1-10-3-4-11(2)13(7-10)14-8-15-6-5-12(14)9-16/h3-8,16H,9H2,1-2H3. The van der Waals surface area contributed by atoms with Gasteiger partial charge in [-0.05, 0) is 36.6 Å². The second-order valence-corrected chi connectivity index (χ2v) is 4.01. The molecule has 2 rings (SSSR count). The molecule has 0 aliphatic carbocycles. The minimum Gasteiger partial charge on any atom is -0.392 e. The molecule has 0 saturated heterocycles. The number of pyridine rings is 1. The van der Waals surface area contributed by atoms with E-state index in [0.29, 0.717) is 0 Å². The minimum absolute atomic E-state index is 0.0469. The van der Waals surface area contributed by atoms with Crippen molar-refractivity contribution < 1.29 is 5.11 Å². The largest absolute Gasteiger partial charge is 0.392 e. The van der Waals surface area contributed by atoms with Crippen LogP contribution in [-0.2, 0) is 6.61 Å². The van der Waals surface area contributed by atoms with Crippen molar-refractivity contribution in [1.82, 2.24) is 4.98 Å². The summed E-state index contributed by atoms with van der Waals surface area (Å²) in [5, 5.41) is 9.31. The summed E-state index contributed by atoms with van der Waals surface area (Å²) in [6.45, 7) is 4.19. The molecule has 0 amide bonds. The topological polar surface area (TPSA) is 33.1 Å². The molecular weight excluding hydrogens is 198 g/mol. The summed E-state index contributed by atoms with van der Waals surface area (Å²) in [5.74, 6) is 0. The molecule has 16 heavy (non-hydrogen) atoms. The number of aliphatic hydroxyl groups is 1. The number of benzene rings is 1. The lowest BCUT2D eigenvalue weighted by Gasteiger charge is -2.10. The number of aryl methyl sites for hydroxylation is 2. The zero-order valence-corrected chi connectivity index (χ0v) is 9.57. The first-order chi connectivity index (χ1) is 7.72. The summed E-state index contributed by atoms with van der Waals surface area (Å²) in [6.07, 6.45) is 3.52. The van der Waals surface area contributed by atoms with E-state index in [1.54, 1.807) is 6.20 Å². The molecule has 0 aliphatic heterocycles. The van der Waals surface area contributed by atoms with E-state index >= 15 is 0 Å². The predicted molar refractivity (Wildman–Crippen MR) is 65.1 cm³/mol. The van der Waals surface area contributed by atoms with Crippen LogP contribution in [0.3, 0.4) is 0 Å². The van der Waals surface area contributed by atoms with Crippen LogP contribution in [0.4, 0.5) is 0 Å². The van der Waals surface area contributed by atoms with Gasteiger partial charge in [0.1, 0.15) is 0 Å². The van der Waals surface area contributed by atoms with Crippen LogP contribution >= 0.6 is 0 Å². The second kappa shape index (κ2) is 4.45. The summed E-state index contributed by atoms with van der Waals surface area (Å²) in [6, 6.07) is 8.18. The van der Waals surface area contributed by atoms with Crippen LogP contribution in [0, 0.1) is 13.8 Å². The third-order valence-electron chi connectivity index (χ3n) is 2.76. The Bertz CT molecular complexity index is 506. The summed E-state index contributed by atoms with van der Waals surface area (Å²) in [4.78, 5) is 4.13. The number of rotatable bonds is 2. The van der Waals surface area contributed by atoms with Gasteiger partial charge in [-0.3, -0.25) is 4.98 Å². The summed E-state index contributed by atoms with van der Waals surface area (Å²) < 4.78 is 0. The molecule has 0 aliphatic rings. The lowest BCUT2D eigenvalue weighted by atomic mass is 9.96. The zero-order valence-electron chi connectivity index (χ0n) is 9.57. The molecule has 0 unspecified atom stereocenters. The SMILES string of the molecule is Cc1ccc(C)c(-c2cnccc2CO)c1. The van der Waals surface area contributed by atoms with Crippen molar-refractivity contribution in [3.63, 3.8) is 0 Å². The summed E-state index contributed by atoms with van der Waals surface area (Å²) in [7, 11) is 0. The smallest absolute Gasteiger partial charge is 0.0689 e. The lowest BCUT2D eigenvalue weighted by Crippen LogP contribution is -1.93. The van der Waals surface area contributed by atoms with Gasteiger partial charge in [0.25, 0.3) is 0 Å². The fourth-order valence-electron chi connectivity index (χ4n) is 1.83. The van der Waals surface area contributed by atoms with Crippen LogP contribution in [0.5, 0.6) is 0 Å². The van der Waals surface area contributed by atoms with Crippen LogP contribution in [-0.4, -0.2) is 10.1 Å². The highest BCUT2D eigenvalue weighted by atomic mass is 16.3. The fourth-order valence-corrected chi connectivity index (χ4v) is 1.83. The molecule has 2 aromatic rings. The van der Waals surface area contributed by atoms with E-state index in [9.17, 15) is 5.11 Å². The predicted octanol–water partition coefficient (Wildman–Crippen LogP) is 2.86. The van der Waals surface area contributed by atoms with Crippen LogP contribution < -0.4 is 0 Å². The Hall–Kier alpha value is -1.67. The maximum Gasteiger partial charge on any atom is 0.0689 e. The van der Waals surface area contributed by atoms with Crippen molar-refractivity contribution >= 4 is 0 Å². The van der Waals surface area contributed by atoms with Gasteiger partial charge in [-0.15, -0.1) is 0 Å². The van der Waals surface area contributed by atoms with Gasteiger partial charge in [0, 0.05) is 18.0 Å². The van der Waals surface area contributed by atoms with Gasteiger partial charge >= 0.3 is 0 Å². The van der Waals surface area contributed by atoms with Crippen molar-refractivity contribution in [2.24, 2.45) is 0 Å². The molecule has 1 N–H and O–H groups in total. The van der Waals surface area contributed by atoms with Gasteiger partial charge in [0.15, 0.2) is 0 Å². The Kier molecular flexibility index (Phi) is 3.02. The van der Waals surface area contributed by atoms with E-state index in [2.05, 4.69) is 37.0 Å². The molecule has 2 nitrogen and oxygen atoms in total. The number of hydrogen-bond acceptors (Lipinski definition) is 2. The number of nitrogens with zero attached hydrogens (tertiary/aromatic N) is 1. The summed E-state index contributed by atoms with van der Waals surface area (Å²) in [5.41, 5.74) is 5.51. The van der Waals surface area contributed by atoms with Gasteiger partial charge in [0.2, 0.25) is 0 Å². The van der Waals surface area contributed by atoms with Gasteiger partial charge in [-0.2, -0.15) is 0 Å². The normalized spacial score (nSPS) is 10.4. The van der Waals surface area contributed by atoms with Gasteiger partial charge in [0.05, 0.1) is 6.61 Å². The molecule has 2 heteroatoms. The van der Waals surface area contributed by atoms with Crippen LogP contribution in [0.15, 0.2) is 36.7 Å². The van der Waals surface area contributed by atoms with E-state index in [1.807, 2.05) is 12.3 Å². The van der Waals surface area contributed by atoms with Crippen LogP contribution in [0.25, 0.3) is 11.1 Å². The Morgan fingerprint density at radius 2 is 1.94 bits per heavy atom. The molecule has 0 atom stereocenters. The molecule has 0 bridgehead atoms. The first-order valence-corrected chi connectivity index (χ1v) is 5.33. The van der Waals surface area contributed by atoms with E-state index in [-0.39, 0.29) is 6.61 Å². The van der Waals surface area contributed by atoms with Crippen molar-refractivity contribution in [3.8, 4) is 11.1 Å². The molecule has 0 fully saturated rings. The number of aromatic nitrogens is 1. The van der Waals surface area contributed by atoms with E-state index in [4.69, 9.17) is 0 Å². The average Bonchev–Trinajstić information content (AvgIpc) is 2.32. The number of hydrogen-bond donors (Lipinski definition) is 1. The van der Waals surface area contributed by atoms with Gasteiger partial charge in [-0.1, -0.05) is 23.8 Å². The molecule has 0 spiro atoms. The van der Waals surface area contributed by atoms with E-state index in [1.165, 1.54) is 11.1 Å². The Morgan fingerprint density at radius 3 is 2.69 bits per heavy atom. The Morgan fingerprint density at radius 1 is 1.12 bits per heavy atom. The Labute approximate surface area is 95.6 Å². The Balaban J connectivity index is 2.62. The van der Waals surface area contributed by atoms with Gasteiger partial charge in [-0.25, -0.2) is 0 Å². The van der Waals surface area contributed by atoms with Crippen molar-refractivity contribution in [1.29, 1.82) is 0 Å². The lowest BCUT2D eigenvalue weighted by molar-refractivity contribution is 0.282. The maximum absolute atomic E-state index is 9.31. The average molecular weight is 213 g/mol. The van der Waals surface area contributed by atoms with Crippen molar-refractivity contribution in [2.45, 2.75) is 20.5 Å². The van der Waals surface area contributed by atoms with E-state index < -0.39 is 0 Å². The van der Waals surface area contributed by atoms with Crippen LogP contribution in [0.2, 0.25) is 0 Å². The highest BCUT2D eigenvalue weighted by Gasteiger charge is 2.07. The second-order valence-electron chi connectivity index (χ2n) is 4.01. The molecule has 0 saturated carbocycles. The third kappa shape index (κ3) is 1.97. The quantitative estimate of drug-likeness (QED) is 0.832. The van der Waals surface area contributed by atoms with Crippen LogP contribution in [0.1, 0.15) is 16.7 Å². The summed E-state index contributed by atoms with van der Waals surface area (Å²) >= 11 is 0. The third-order valence-corrected chi connectivity index (χ3v) is 2.76. The molecule has 82 valence electrons. The first-order valence-electron chi connectivity index (χ1n) is 5.33. The van der Waals surface area contributed by atoms with E-state index in [0.717, 1.165) is 16.7 Å². The molecule has 1 aromatic heterocycles.